The summed E-state index contributed by atoms with van der Waals surface area (Å²) < 4.78 is 10.6. The van der Waals surface area contributed by atoms with Crippen LogP contribution in [0.25, 0.3) is 0 Å². The molecule has 1 atom stereocenters. The van der Waals surface area contributed by atoms with Gasteiger partial charge in [0, 0.05) is 0 Å². The number of likely N-dealkylation sites (N-methyl/N-ethyl adjacent to an activating group) is 1. The molecule has 0 saturated heterocycles. The van der Waals surface area contributed by atoms with Crippen LogP contribution in [0.2, 0.25) is 0 Å². The second-order valence-corrected chi connectivity index (χ2v) is 4.63. The number of hydrogen-bond donors (Lipinski definition) is 1. The molecule has 0 saturated carbocycles. The number of ether oxygens (including phenoxy) is 2. The van der Waals surface area contributed by atoms with Gasteiger partial charge in [0.05, 0.1) is 6.61 Å². The Balaban J connectivity index is 2.52. The van der Waals surface area contributed by atoms with Crippen LogP contribution in [0.15, 0.2) is 24.3 Å². The molecular weight excluding hydrogens is 242 g/mol. The van der Waals surface area contributed by atoms with E-state index in [0.29, 0.717) is 12.5 Å². The number of carbonyl (C=O) groups excluding carboxylic acids is 1. The summed E-state index contributed by atoms with van der Waals surface area (Å²) in [6, 6.07) is 7.49. The fourth-order valence-corrected chi connectivity index (χ4v) is 1.64. The lowest BCUT2D eigenvalue weighted by Gasteiger charge is -2.16. The molecule has 1 unspecified atom stereocenters. The summed E-state index contributed by atoms with van der Waals surface area (Å²) in [5.74, 6) is 0.969. The van der Waals surface area contributed by atoms with Crippen LogP contribution in [0.1, 0.15) is 32.3 Å². The van der Waals surface area contributed by atoms with Crippen molar-refractivity contribution in [2.24, 2.45) is 0 Å². The molecule has 0 radical (unpaired) electrons. The van der Waals surface area contributed by atoms with Crippen LogP contribution >= 0.6 is 0 Å². The monoisotopic (exact) mass is 265 g/mol. The van der Waals surface area contributed by atoms with E-state index >= 15 is 0 Å². The quantitative estimate of drug-likeness (QED) is 0.769. The lowest BCUT2D eigenvalue weighted by molar-refractivity contribution is -0.146. The Bertz CT molecular complexity index is 387. The van der Waals surface area contributed by atoms with Gasteiger partial charge in [0.15, 0.2) is 0 Å². The molecule has 0 fully saturated rings. The normalized spacial score (nSPS) is 12.3. The van der Waals surface area contributed by atoms with Crippen LogP contribution in [0, 0.1) is 0 Å². The highest BCUT2D eigenvalue weighted by atomic mass is 16.5. The third-order valence-electron chi connectivity index (χ3n) is 2.88. The molecule has 0 heterocycles. The minimum absolute atomic E-state index is 0.260. The van der Waals surface area contributed by atoms with Crippen molar-refractivity contribution in [3.8, 4) is 5.75 Å². The lowest BCUT2D eigenvalue weighted by atomic mass is 10.0. The fraction of sp³-hybridized carbons (Fsp3) is 0.533. The van der Waals surface area contributed by atoms with E-state index in [1.807, 2.05) is 24.3 Å². The predicted octanol–water partition coefficient (Wildman–Crippen LogP) is 2.34. The molecule has 0 aliphatic heterocycles. The summed E-state index contributed by atoms with van der Waals surface area (Å²) in [5, 5.41) is 2.89. The summed E-state index contributed by atoms with van der Waals surface area (Å²) in [6.07, 6.45) is 0. The Morgan fingerprint density at radius 1 is 1.26 bits per heavy atom. The largest absolute Gasteiger partial charge is 0.491 e. The standard InChI is InChI=1S/C15H23NO3/c1-5-18-15(17)14(16-4)10-19-13-8-6-12(7-9-13)11(2)3/h6-9,11,14,16H,5,10H2,1-4H3. The molecule has 1 N–H and O–H groups in total. The van der Waals surface area contributed by atoms with Gasteiger partial charge in [-0.2, -0.15) is 0 Å². The first kappa shape index (κ1) is 15.5. The van der Waals surface area contributed by atoms with Gasteiger partial charge in [-0.1, -0.05) is 26.0 Å². The second-order valence-electron chi connectivity index (χ2n) is 4.63. The van der Waals surface area contributed by atoms with E-state index in [-0.39, 0.29) is 12.6 Å². The number of rotatable bonds is 7. The topological polar surface area (TPSA) is 47.6 Å². The van der Waals surface area contributed by atoms with Gasteiger partial charge in [-0.05, 0) is 37.6 Å². The highest BCUT2D eigenvalue weighted by Crippen LogP contribution is 2.18. The van der Waals surface area contributed by atoms with Gasteiger partial charge in [0.25, 0.3) is 0 Å². The molecule has 0 aliphatic carbocycles. The van der Waals surface area contributed by atoms with Gasteiger partial charge < -0.3 is 14.8 Å². The maximum atomic E-state index is 11.6. The van der Waals surface area contributed by atoms with Crippen molar-refractivity contribution in [2.45, 2.75) is 32.7 Å². The van der Waals surface area contributed by atoms with Crippen LogP contribution in [0.3, 0.4) is 0 Å². The molecule has 0 amide bonds. The number of benzene rings is 1. The number of carbonyl (C=O) groups is 1. The summed E-state index contributed by atoms with van der Waals surface area (Å²) in [5.41, 5.74) is 1.27. The Hall–Kier alpha value is -1.55. The minimum Gasteiger partial charge on any atom is -0.491 e. The molecule has 0 bridgehead atoms. The van der Waals surface area contributed by atoms with Crippen molar-refractivity contribution < 1.29 is 14.3 Å². The minimum atomic E-state index is -0.440. The van der Waals surface area contributed by atoms with Gasteiger partial charge in [-0.15, -0.1) is 0 Å². The lowest BCUT2D eigenvalue weighted by Crippen LogP contribution is -2.40. The Kier molecular flexibility index (Phi) is 6.36. The molecule has 0 spiro atoms. The van der Waals surface area contributed by atoms with Gasteiger partial charge in [0.2, 0.25) is 0 Å². The van der Waals surface area contributed by atoms with Crippen molar-refractivity contribution in [1.82, 2.24) is 5.32 Å². The SMILES string of the molecule is CCOC(=O)C(COc1ccc(C(C)C)cc1)NC. The van der Waals surface area contributed by atoms with Crippen LogP contribution in [0.4, 0.5) is 0 Å². The van der Waals surface area contributed by atoms with E-state index in [1.54, 1.807) is 14.0 Å². The first-order chi connectivity index (χ1) is 9.08. The van der Waals surface area contributed by atoms with Crippen molar-refractivity contribution in [3.05, 3.63) is 29.8 Å². The van der Waals surface area contributed by atoms with Gasteiger partial charge >= 0.3 is 5.97 Å². The van der Waals surface area contributed by atoms with E-state index < -0.39 is 6.04 Å². The van der Waals surface area contributed by atoms with Crippen molar-refractivity contribution in [2.75, 3.05) is 20.3 Å². The maximum absolute atomic E-state index is 11.6. The van der Waals surface area contributed by atoms with Gasteiger partial charge in [-0.3, -0.25) is 4.79 Å². The zero-order valence-corrected chi connectivity index (χ0v) is 12.1. The first-order valence-electron chi connectivity index (χ1n) is 6.65. The fourth-order valence-electron chi connectivity index (χ4n) is 1.64. The van der Waals surface area contributed by atoms with Crippen LogP contribution in [-0.2, 0) is 9.53 Å². The predicted molar refractivity (Wildman–Crippen MR) is 75.5 cm³/mol. The third-order valence-corrected chi connectivity index (χ3v) is 2.88. The maximum Gasteiger partial charge on any atom is 0.326 e. The summed E-state index contributed by atoms with van der Waals surface area (Å²) in [6.45, 7) is 6.72. The van der Waals surface area contributed by atoms with Crippen LogP contribution in [0.5, 0.6) is 5.75 Å². The van der Waals surface area contributed by atoms with E-state index in [9.17, 15) is 4.79 Å². The van der Waals surface area contributed by atoms with E-state index in [0.717, 1.165) is 5.75 Å². The summed E-state index contributed by atoms with van der Waals surface area (Å²) in [4.78, 5) is 11.6. The molecule has 1 aromatic carbocycles. The third kappa shape index (κ3) is 4.91. The average Bonchev–Trinajstić information content (AvgIpc) is 2.40. The average molecular weight is 265 g/mol. The highest BCUT2D eigenvalue weighted by molar-refractivity contribution is 5.75. The summed E-state index contributed by atoms with van der Waals surface area (Å²) in [7, 11) is 1.72. The zero-order valence-electron chi connectivity index (χ0n) is 12.1. The number of esters is 1. The molecular formula is C15H23NO3. The Morgan fingerprint density at radius 3 is 2.37 bits per heavy atom. The Labute approximate surface area is 115 Å². The number of hydrogen-bond acceptors (Lipinski definition) is 4. The van der Waals surface area contributed by atoms with Crippen LogP contribution in [-0.4, -0.2) is 32.3 Å². The second kappa shape index (κ2) is 7.79. The smallest absolute Gasteiger partial charge is 0.326 e. The first-order valence-corrected chi connectivity index (χ1v) is 6.65. The van der Waals surface area contributed by atoms with Crippen LogP contribution < -0.4 is 10.1 Å². The molecule has 0 aromatic heterocycles. The highest BCUT2D eigenvalue weighted by Gasteiger charge is 2.18. The molecule has 106 valence electrons. The van der Waals surface area contributed by atoms with Crippen molar-refractivity contribution >= 4 is 5.97 Å². The molecule has 1 rings (SSSR count). The van der Waals surface area contributed by atoms with E-state index in [1.165, 1.54) is 5.56 Å². The van der Waals surface area contributed by atoms with Crippen molar-refractivity contribution in [3.63, 3.8) is 0 Å². The summed E-state index contributed by atoms with van der Waals surface area (Å²) >= 11 is 0. The Morgan fingerprint density at radius 2 is 1.89 bits per heavy atom. The molecule has 19 heavy (non-hydrogen) atoms. The van der Waals surface area contributed by atoms with E-state index in [4.69, 9.17) is 9.47 Å². The van der Waals surface area contributed by atoms with Crippen molar-refractivity contribution in [1.29, 1.82) is 0 Å². The van der Waals surface area contributed by atoms with Gasteiger partial charge in [0.1, 0.15) is 18.4 Å². The molecule has 4 nitrogen and oxygen atoms in total. The zero-order chi connectivity index (χ0) is 14.3. The number of nitrogens with one attached hydrogen (secondary N) is 1. The molecule has 0 aliphatic rings. The molecule has 4 heteroatoms. The molecule has 1 aromatic rings. The van der Waals surface area contributed by atoms with Gasteiger partial charge in [-0.25, -0.2) is 0 Å². The van der Waals surface area contributed by atoms with E-state index in [2.05, 4.69) is 19.2 Å².